The first-order valence-corrected chi connectivity index (χ1v) is 9.43. The second-order valence-electron chi connectivity index (χ2n) is 6.61. The Labute approximate surface area is 163 Å². The molecule has 0 N–H and O–H groups in total. The van der Waals surface area contributed by atoms with Gasteiger partial charge in [0.2, 0.25) is 5.88 Å². The monoisotopic (exact) mass is 380 g/mol. The number of aliphatic imine (C=N–C) groups is 1. The van der Waals surface area contributed by atoms with Gasteiger partial charge in [-0.25, -0.2) is 9.67 Å². The highest BCUT2D eigenvalue weighted by atomic mass is 35.5. The normalized spacial score (nSPS) is 14.2. The van der Waals surface area contributed by atoms with Gasteiger partial charge in [0, 0.05) is 30.4 Å². The van der Waals surface area contributed by atoms with Gasteiger partial charge in [-0.3, -0.25) is 0 Å². The van der Waals surface area contributed by atoms with Crippen molar-refractivity contribution in [2.24, 2.45) is 4.99 Å². The van der Waals surface area contributed by atoms with Crippen LogP contribution in [-0.4, -0.2) is 34.1 Å². The number of likely N-dealkylation sites (tertiary alicyclic amines) is 1. The van der Waals surface area contributed by atoms with Crippen LogP contribution in [0.15, 0.2) is 59.7 Å². The van der Waals surface area contributed by atoms with Crippen molar-refractivity contribution >= 4 is 23.6 Å². The third-order valence-corrected chi connectivity index (χ3v) is 4.79. The third-order valence-electron chi connectivity index (χ3n) is 4.54. The molecular weight excluding hydrogens is 360 g/mol. The average Bonchev–Trinajstić information content (AvgIpc) is 3.35. The van der Waals surface area contributed by atoms with Crippen LogP contribution in [0.5, 0.6) is 11.6 Å². The zero-order valence-electron chi connectivity index (χ0n) is 15.2. The van der Waals surface area contributed by atoms with E-state index < -0.39 is 0 Å². The summed E-state index contributed by atoms with van der Waals surface area (Å²) in [5.74, 6) is 1.32. The lowest BCUT2D eigenvalue weighted by molar-refractivity contribution is 0.454. The fourth-order valence-electron chi connectivity index (χ4n) is 3.05. The predicted molar refractivity (Wildman–Crippen MR) is 109 cm³/mol. The second-order valence-corrected chi connectivity index (χ2v) is 7.05. The van der Waals surface area contributed by atoms with E-state index in [4.69, 9.17) is 16.3 Å². The maximum atomic E-state index is 5.95. The molecule has 0 saturated carbocycles. The third kappa shape index (κ3) is 4.31. The van der Waals surface area contributed by atoms with E-state index in [0.717, 1.165) is 35.8 Å². The van der Waals surface area contributed by atoms with Gasteiger partial charge in [0.05, 0.1) is 17.7 Å². The van der Waals surface area contributed by atoms with Crippen LogP contribution in [0.2, 0.25) is 5.02 Å². The Morgan fingerprint density at radius 1 is 1.07 bits per heavy atom. The van der Waals surface area contributed by atoms with Gasteiger partial charge >= 0.3 is 0 Å². The number of aryl methyl sites for hydroxylation is 1. The van der Waals surface area contributed by atoms with Crippen LogP contribution < -0.4 is 4.74 Å². The summed E-state index contributed by atoms with van der Waals surface area (Å²) in [7, 11) is 0. The van der Waals surface area contributed by atoms with E-state index >= 15 is 0 Å². The lowest BCUT2D eigenvalue weighted by Crippen LogP contribution is -2.15. The van der Waals surface area contributed by atoms with Crippen molar-refractivity contribution in [3.63, 3.8) is 0 Å². The molecule has 1 aromatic heterocycles. The topological polar surface area (TPSA) is 42.6 Å². The Morgan fingerprint density at radius 3 is 2.59 bits per heavy atom. The smallest absolute Gasteiger partial charge is 0.238 e. The number of rotatable bonds is 5. The van der Waals surface area contributed by atoms with Crippen LogP contribution in [0.1, 0.15) is 18.4 Å². The van der Waals surface area contributed by atoms with Gasteiger partial charge in [-0.15, -0.1) is 5.10 Å². The van der Waals surface area contributed by atoms with Gasteiger partial charge in [-0.2, -0.15) is 0 Å². The summed E-state index contributed by atoms with van der Waals surface area (Å²) >= 11 is 5.93. The molecule has 27 heavy (non-hydrogen) atoms. The van der Waals surface area contributed by atoms with Gasteiger partial charge in [0.25, 0.3) is 0 Å². The average molecular weight is 381 g/mol. The number of hydrogen-bond donors (Lipinski definition) is 0. The zero-order valence-corrected chi connectivity index (χ0v) is 15.9. The molecule has 0 amide bonds. The Morgan fingerprint density at radius 2 is 1.85 bits per heavy atom. The second kappa shape index (κ2) is 7.84. The first-order chi connectivity index (χ1) is 13.2. The number of hydrogen-bond acceptors (Lipinski definition) is 3. The van der Waals surface area contributed by atoms with Crippen LogP contribution in [0.4, 0.5) is 5.69 Å². The summed E-state index contributed by atoms with van der Waals surface area (Å²) < 4.78 is 7.71. The molecule has 1 fully saturated rings. The first-order valence-electron chi connectivity index (χ1n) is 9.06. The Kier molecular flexibility index (Phi) is 5.12. The van der Waals surface area contributed by atoms with Crippen molar-refractivity contribution < 1.29 is 4.74 Å². The number of benzene rings is 2. The molecule has 3 aromatic rings. The van der Waals surface area contributed by atoms with Crippen molar-refractivity contribution in [3.8, 4) is 17.3 Å². The minimum atomic E-state index is 0.543. The number of nitrogens with zero attached hydrogens (tertiary/aromatic N) is 4. The van der Waals surface area contributed by atoms with E-state index in [2.05, 4.69) is 15.0 Å². The van der Waals surface area contributed by atoms with E-state index in [1.54, 1.807) is 4.68 Å². The SMILES string of the molecule is Cc1cc(N=CN2CCCC2)ccc1Oc1ccn(-c2ccc(Cl)cc2)n1. The van der Waals surface area contributed by atoms with Gasteiger partial charge in [0.1, 0.15) is 5.75 Å². The first kappa shape index (κ1) is 17.6. The molecule has 0 unspecified atom stereocenters. The molecular formula is C21H21ClN4O. The van der Waals surface area contributed by atoms with Crippen molar-refractivity contribution in [2.75, 3.05) is 13.1 Å². The quantitative estimate of drug-likeness (QED) is 0.440. The molecule has 4 rings (SSSR count). The fraction of sp³-hybridized carbons (Fsp3) is 0.238. The Balaban J connectivity index is 1.45. The largest absolute Gasteiger partial charge is 0.437 e. The summed E-state index contributed by atoms with van der Waals surface area (Å²) in [4.78, 5) is 6.82. The molecule has 138 valence electrons. The van der Waals surface area contributed by atoms with E-state index in [1.165, 1.54) is 12.8 Å². The minimum absolute atomic E-state index is 0.543. The maximum Gasteiger partial charge on any atom is 0.238 e. The molecule has 0 bridgehead atoms. The Bertz CT molecular complexity index is 943. The highest BCUT2D eigenvalue weighted by Gasteiger charge is 2.08. The fourth-order valence-corrected chi connectivity index (χ4v) is 3.17. The lowest BCUT2D eigenvalue weighted by Gasteiger charge is -2.10. The summed E-state index contributed by atoms with van der Waals surface area (Å²) in [6.07, 6.45) is 6.31. The number of aromatic nitrogens is 2. The molecule has 1 aliphatic heterocycles. The number of halogens is 1. The van der Waals surface area contributed by atoms with Gasteiger partial charge < -0.3 is 9.64 Å². The van der Waals surface area contributed by atoms with E-state index in [-0.39, 0.29) is 0 Å². The summed E-state index contributed by atoms with van der Waals surface area (Å²) in [5.41, 5.74) is 2.88. The molecule has 2 heterocycles. The van der Waals surface area contributed by atoms with Crippen LogP contribution in [0.3, 0.4) is 0 Å². The molecule has 0 atom stereocenters. The van der Waals surface area contributed by atoms with Crippen LogP contribution in [0, 0.1) is 6.92 Å². The Hall–Kier alpha value is -2.79. The van der Waals surface area contributed by atoms with Gasteiger partial charge in [-0.1, -0.05) is 11.6 Å². The predicted octanol–water partition coefficient (Wildman–Crippen LogP) is 5.38. The van der Waals surface area contributed by atoms with Gasteiger partial charge in [0.15, 0.2) is 0 Å². The standard InChI is InChI=1S/C21H21ClN4O/c1-16-14-18(23-15-25-11-2-3-12-25)6-9-20(16)27-21-10-13-26(24-21)19-7-4-17(22)5-8-19/h4-10,13-15H,2-3,11-12H2,1H3. The number of ether oxygens (including phenoxy) is 1. The molecule has 5 nitrogen and oxygen atoms in total. The maximum absolute atomic E-state index is 5.95. The molecule has 1 saturated heterocycles. The van der Waals surface area contributed by atoms with Crippen LogP contribution in [0.25, 0.3) is 5.69 Å². The van der Waals surface area contributed by atoms with Crippen LogP contribution in [-0.2, 0) is 0 Å². The van der Waals surface area contributed by atoms with Gasteiger partial charge in [-0.05, 0) is 67.8 Å². The molecule has 0 radical (unpaired) electrons. The summed E-state index contributed by atoms with van der Waals surface area (Å²) in [5, 5.41) is 5.17. The summed E-state index contributed by atoms with van der Waals surface area (Å²) in [6.45, 7) is 4.21. The summed E-state index contributed by atoms with van der Waals surface area (Å²) in [6, 6.07) is 15.3. The molecule has 6 heteroatoms. The van der Waals surface area contributed by atoms with Crippen molar-refractivity contribution in [1.29, 1.82) is 0 Å². The molecule has 0 aliphatic carbocycles. The molecule has 1 aliphatic rings. The van der Waals surface area contributed by atoms with E-state index in [0.29, 0.717) is 10.9 Å². The van der Waals surface area contributed by atoms with Crippen LogP contribution >= 0.6 is 11.6 Å². The molecule has 0 spiro atoms. The highest BCUT2D eigenvalue weighted by molar-refractivity contribution is 6.30. The van der Waals surface area contributed by atoms with Crippen molar-refractivity contribution in [2.45, 2.75) is 19.8 Å². The molecule has 2 aromatic carbocycles. The zero-order chi connectivity index (χ0) is 18.6. The van der Waals surface area contributed by atoms with Crippen molar-refractivity contribution in [3.05, 3.63) is 65.3 Å². The van der Waals surface area contributed by atoms with E-state index in [9.17, 15) is 0 Å². The van der Waals surface area contributed by atoms with E-state index in [1.807, 2.05) is 68.0 Å². The van der Waals surface area contributed by atoms with Crippen molar-refractivity contribution in [1.82, 2.24) is 14.7 Å². The lowest BCUT2D eigenvalue weighted by atomic mass is 10.2. The highest BCUT2D eigenvalue weighted by Crippen LogP contribution is 2.28. The minimum Gasteiger partial charge on any atom is -0.437 e.